The molecular weight excluding hydrogens is 172 g/mol. The summed E-state index contributed by atoms with van der Waals surface area (Å²) in [7, 11) is 0. The summed E-state index contributed by atoms with van der Waals surface area (Å²) >= 11 is 0. The van der Waals surface area contributed by atoms with E-state index in [1.165, 1.54) is 0 Å². The van der Waals surface area contributed by atoms with Gasteiger partial charge in [0.05, 0.1) is 0 Å². The molecule has 0 aromatic rings. The largest absolute Gasteiger partial charge is 0.480 e. The van der Waals surface area contributed by atoms with E-state index in [0.717, 1.165) is 12.8 Å². The Bertz CT molecular complexity index is 238. The van der Waals surface area contributed by atoms with Gasteiger partial charge in [0.2, 0.25) is 5.91 Å². The summed E-state index contributed by atoms with van der Waals surface area (Å²) in [6, 6.07) is 0. The van der Waals surface area contributed by atoms with Crippen LogP contribution in [0.3, 0.4) is 0 Å². The van der Waals surface area contributed by atoms with Gasteiger partial charge in [0.15, 0.2) is 0 Å². The van der Waals surface area contributed by atoms with Crippen molar-refractivity contribution in [2.45, 2.75) is 31.2 Å². The van der Waals surface area contributed by atoms with E-state index in [0.29, 0.717) is 0 Å². The van der Waals surface area contributed by atoms with Crippen LogP contribution < -0.4 is 11.5 Å². The predicted octanol–water partition coefficient (Wildman–Crippen LogP) is -0.556. The number of carbonyl (C=O) groups excluding carboxylic acids is 1. The summed E-state index contributed by atoms with van der Waals surface area (Å²) < 4.78 is 0. The zero-order valence-corrected chi connectivity index (χ0v) is 7.32. The molecule has 1 saturated carbocycles. The van der Waals surface area contributed by atoms with E-state index in [-0.39, 0.29) is 18.8 Å². The number of aliphatic carboxylic acids is 1. The van der Waals surface area contributed by atoms with Gasteiger partial charge in [-0.25, -0.2) is 0 Å². The van der Waals surface area contributed by atoms with Crippen molar-refractivity contribution in [3.8, 4) is 0 Å². The van der Waals surface area contributed by atoms with E-state index in [1.54, 1.807) is 0 Å². The maximum absolute atomic E-state index is 10.8. The minimum atomic E-state index is -1.24. The Labute approximate surface area is 76.1 Å². The number of hydrogen-bond donors (Lipinski definition) is 3. The van der Waals surface area contributed by atoms with Crippen molar-refractivity contribution >= 4 is 11.9 Å². The Hall–Kier alpha value is -1.10. The molecule has 1 fully saturated rings. The molecule has 1 aliphatic carbocycles. The molecule has 1 rings (SSSR count). The molecule has 0 unspecified atom stereocenters. The Morgan fingerprint density at radius 1 is 1.46 bits per heavy atom. The molecule has 0 aliphatic heterocycles. The Morgan fingerprint density at radius 2 is 2.00 bits per heavy atom. The van der Waals surface area contributed by atoms with Gasteiger partial charge >= 0.3 is 5.97 Å². The molecule has 5 nitrogen and oxygen atoms in total. The van der Waals surface area contributed by atoms with Crippen LogP contribution in [0.25, 0.3) is 0 Å². The third-order valence-electron chi connectivity index (χ3n) is 2.49. The first kappa shape index (κ1) is 9.98. The van der Waals surface area contributed by atoms with Crippen LogP contribution >= 0.6 is 0 Å². The molecule has 1 aliphatic rings. The minimum Gasteiger partial charge on any atom is -0.480 e. The normalized spacial score (nSPS) is 20.7. The molecule has 74 valence electrons. The molecule has 5 heteroatoms. The van der Waals surface area contributed by atoms with Crippen LogP contribution in [-0.4, -0.2) is 22.5 Å². The molecule has 0 radical (unpaired) electrons. The quantitative estimate of drug-likeness (QED) is 0.535. The fourth-order valence-electron chi connectivity index (χ4n) is 1.41. The lowest BCUT2D eigenvalue weighted by molar-refractivity contribution is -0.144. The number of nitrogens with two attached hydrogens (primary N) is 2. The average Bonchev–Trinajstić information content (AvgIpc) is 2.81. The highest BCUT2D eigenvalue weighted by molar-refractivity contribution is 5.81. The molecule has 0 aromatic carbocycles. The number of hydrogen-bond acceptors (Lipinski definition) is 3. The molecule has 0 spiro atoms. The summed E-state index contributed by atoms with van der Waals surface area (Å²) in [6.45, 7) is 0. The third-order valence-corrected chi connectivity index (χ3v) is 2.49. The molecule has 1 amide bonds. The van der Waals surface area contributed by atoms with Crippen molar-refractivity contribution in [1.29, 1.82) is 0 Å². The van der Waals surface area contributed by atoms with Crippen LogP contribution in [0.15, 0.2) is 0 Å². The fraction of sp³-hybridized carbons (Fsp3) is 0.750. The summed E-state index contributed by atoms with van der Waals surface area (Å²) in [6.07, 6.45) is 1.85. The van der Waals surface area contributed by atoms with Crippen LogP contribution in [0.5, 0.6) is 0 Å². The van der Waals surface area contributed by atoms with Gasteiger partial charge in [-0.2, -0.15) is 0 Å². The second-order valence-electron chi connectivity index (χ2n) is 3.59. The highest BCUT2D eigenvalue weighted by Crippen LogP contribution is 2.40. The Morgan fingerprint density at radius 3 is 2.31 bits per heavy atom. The van der Waals surface area contributed by atoms with Crippen LogP contribution in [0, 0.1) is 5.92 Å². The Kier molecular flexibility index (Phi) is 2.56. The lowest BCUT2D eigenvalue weighted by Crippen LogP contribution is -2.50. The van der Waals surface area contributed by atoms with E-state index in [4.69, 9.17) is 16.6 Å². The second-order valence-corrected chi connectivity index (χ2v) is 3.59. The molecule has 0 saturated heterocycles. The van der Waals surface area contributed by atoms with E-state index in [9.17, 15) is 9.59 Å². The summed E-state index contributed by atoms with van der Waals surface area (Å²) in [5, 5.41) is 8.88. The van der Waals surface area contributed by atoms with Crippen LogP contribution in [-0.2, 0) is 9.59 Å². The first-order valence-electron chi connectivity index (χ1n) is 4.27. The number of primary amides is 1. The maximum Gasteiger partial charge on any atom is 0.323 e. The summed E-state index contributed by atoms with van der Waals surface area (Å²) in [5.41, 5.74) is 9.38. The van der Waals surface area contributed by atoms with Crippen molar-refractivity contribution in [3.63, 3.8) is 0 Å². The van der Waals surface area contributed by atoms with E-state index >= 15 is 0 Å². The van der Waals surface area contributed by atoms with Crippen molar-refractivity contribution in [2.75, 3.05) is 0 Å². The first-order chi connectivity index (χ1) is 5.97. The standard InChI is InChI=1S/C8H14N2O3/c9-6(11)3-4-8(10,7(12)13)5-1-2-5/h5H,1-4,10H2,(H2,9,11)(H,12,13)/t8-/m1/s1. The highest BCUT2D eigenvalue weighted by atomic mass is 16.4. The first-order valence-corrected chi connectivity index (χ1v) is 4.27. The highest BCUT2D eigenvalue weighted by Gasteiger charge is 2.47. The van der Waals surface area contributed by atoms with E-state index < -0.39 is 17.4 Å². The lowest BCUT2D eigenvalue weighted by atomic mass is 9.89. The van der Waals surface area contributed by atoms with Crippen LogP contribution in [0.2, 0.25) is 0 Å². The lowest BCUT2D eigenvalue weighted by Gasteiger charge is -2.23. The average molecular weight is 186 g/mol. The molecule has 0 heterocycles. The molecular formula is C8H14N2O3. The van der Waals surface area contributed by atoms with E-state index in [1.807, 2.05) is 0 Å². The number of carboxylic acids is 1. The second kappa shape index (κ2) is 3.33. The van der Waals surface area contributed by atoms with Gasteiger partial charge in [0, 0.05) is 6.42 Å². The van der Waals surface area contributed by atoms with Crippen LogP contribution in [0.4, 0.5) is 0 Å². The number of amides is 1. The molecule has 13 heavy (non-hydrogen) atoms. The topological polar surface area (TPSA) is 106 Å². The Balaban J connectivity index is 2.56. The summed E-state index contributed by atoms with van der Waals surface area (Å²) in [5.74, 6) is -1.52. The SMILES string of the molecule is NC(=O)CC[C@](N)(C(=O)O)C1CC1. The third kappa shape index (κ3) is 2.18. The van der Waals surface area contributed by atoms with Gasteiger partial charge in [0.25, 0.3) is 0 Å². The fourth-order valence-corrected chi connectivity index (χ4v) is 1.41. The summed E-state index contributed by atoms with van der Waals surface area (Å²) in [4.78, 5) is 21.3. The van der Waals surface area contributed by atoms with Crippen molar-refractivity contribution in [2.24, 2.45) is 17.4 Å². The predicted molar refractivity (Wildman–Crippen MR) is 45.7 cm³/mol. The molecule has 5 N–H and O–H groups in total. The van der Waals surface area contributed by atoms with Crippen molar-refractivity contribution in [3.05, 3.63) is 0 Å². The number of rotatable bonds is 5. The smallest absolute Gasteiger partial charge is 0.323 e. The molecule has 1 atom stereocenters. The monoisotopic (exact) mass is 186 g/mol. The number of carbonyl (C=O) groups is 2. The van der Waals surface area contributed by atoms with Crippen molar-refractivity contribution < 1.29 is 14.7 Å². The minimum absolute atomic E-state index is 0.0179. The van der Waals surface area contributed by atoms with Gasteiger partial charge in [0.1, 0.15) is 5.54 Å². The zero-order valence-electron chi connectivity index (χ0n) is 7.32. The van der Waals surface area contributed by atoms with Gasteiger partial charge in [-0.1, -0.05) is 0 Å². The van der Waals surface area contributed by atoms with Gasteiger partial charge < -0.3 is 16.6 Å². The van der Waals surface area contributed by atoms with Crippen LogP contribution in [0.1, 0.15) is 25.7 Å². The number of carboxylic acid groups (broad SMARTS) is 1. The molecule has 0 bridgehead atoms. The zero-order chi connectivity index (χ0) is 10.1. The molecule has 0 aromatic heterocycles. The van der Waals surface area contributed by atoms with Gasteiger partial charge in [-0.3, -0.25) is 9.59 Å². The van der Waals surface area contributed by atoms with E-state index in [2.05, 4.69) is 0 Å². The van der Waals surface area contributed by atoms with Gasteiger partial charge in [-0.15, -0.1) is 0 Å². The van der Waals surface area contributed by atoms with Gasteiger partial charge in [-0.05, 0) is 25.2 Å². The maximum atomic E-state index is 10.8. The van der Waals surface area contributed by atoms with Crippen molar-refractivity contribution in [1.82, 2.24) is 0 Å².